The van der Waals surface area contributed by atoms with Crippen molar-refractivity contribution >= 4 is 5.78 Å². The predicted octanol–water partition coefficient (Wildman–Crippen LogP) is 4.88. The summed E-state index contributed by atoms with van der Waals surface area (Å²) in [5.74, 6) is 1.55. The zero-order valence-electron chi connectivity index (χ0n) is 19.9. The molecule has 4 nitrogen and oxygen atoms in total. The van der Waals surface area contributed by atoms with Gasteiger partial charge < -0.3 is 15.3 Å². The van der Waals surface area contributed by atoms with Crippen LogP contribution in [0.4, 0.5) is 0 Å². The van der Waals surface area contributed by atoms with Crippen molar-refractivity contribution in [1.82, 2.24) is 0 Å². The smallest absolute Gasteiger partial charge is 0.163 e. The first kappa shape index (κ1) is 24.4. The van der Waals surface area contributed by atoms with E-state index in [1.54, 1.807) is 13.8 Å². The molecule has 2 unspecified atom stereocenters. The first-order chi connectivity index (χ1) is 14.4. The molecule has 0 heterocycles. The highest BCUT2D eigenvalue weighted by atomic mass is 16.3. The van der Waals surface area contributed by atoms with E-state index in [0.717, 1.165) is 24.0 Å². The fourth-order valence-electron chi connectivity index (χ4n) is 6.55. The number of fused-ring (bicyclic) bond motifs is 1. The maximum absolute atomic E-state index is 12.2. The van der Waals surface area contributed by atoms with Gasteiger partial charge in [0, 0.05) is 12.8 Å². The third kappa shape index (κ3) is 5.23. The number of allylic oxidation sites excluding steroid dienone is 3. The molecule has 3 rings (SSSR count). The molecule has 3 fully saturated rings. The Morgan fingerprint density at radius 1 is 1.29 bits per heavy atom. The number of aliphatic hydroxyl groups is 3. The summed E-state index contributed by atoms with van der Waals surface area (Å²) in [4.78, 5) is 12.2. The lowest BCUT2D eigenvalue weighted by molar-refractivity contribution is -0.134. The van der Waals surface area contributed by atoms with Gasteiger partial charge in [-0.2, -0.15) is 0 Å². The summed E-state index contributed by atoms with van der Waals surface area (Å²) in [5.41, 5.74) is 2.23. The van der Waals surface area contributed by atoms with Gasteiger partial charge in [0.1, 0.15) is 5.60 Å². The van der Waals surface area contributed by atoms with Gasteiger partial charge in [-0.15, -0.1) is 0 Å². The Balaban J connectivity index is 1.72. The van der Waals surface area contributed by atoms with E-state index in [2.05, 4.69) is 32.6 Å². The number of rotatable bonds is 6. The molecule has 3 aliphatic rings. The van der Waals surface area contributed by atoms with Gasteiger partial charge in [-0.25, -0.2) is 0 Å². The predicted molar refractivity (Wildman–Crippen MR) is 124 cm³/mol. The molecule has 3 N–H and O–H groups in total. The zero-order chi connectivity index (χ0) is 23.0. The van der Waals surface area contributed by atoms with Crippen LogP contribution in [-0.2, 0) is 4.79 Å². The molecule has 3 saturated carbocycles. The summed E-state index contributed by atoms with van der Waals surface area (Å²) >= 11 is 0. The number of carbonyl (C=O) groups is 1. The molecule has 0 aromatic carbocycles. The molecular formula is C27H42O4. The second-order valence-corrected chi connectivity index (χ2v) is 11.2. The highest BCUT2D eigenvalue weighted by Crippen LogP contribution is 2.59. The van der Waals surface area contributed by atoms with Gasteiger partial charge >= 0.3 is 0 Å². The van der Waals surface area contributed by atoms with Crippen LogP contribution >= 0.6 is 0 Å². The Bertz CT molecular complexity index is 756. The second-order valence-electron chi connectivity index (χ2n) is 11.2. The second kappa shape index (κ2) is 9.33. The largest absolute Gasteiger partial charge is 0.393 e. The molecule has 174 valence electrons. The fourth-order valence-corrected chi connectivity index (χ4v) is 6.55. The molecule has 0 amide bonds. The number of Topliss-reactive ketones (excluding diaryl/α,β-unsaturated/α-hetero) is 1. The van der Waals surface area contributed by atoms with Crippen molar-refractivity contribution in [1.29, 1.82) is 0 Å². The van der Waals surface area contributed by atoms with Gasteiger partial charge in [0.05, 0.1) is 12.2 Å². The summed E-state index contributed by atoms with van der Waals surface area (Å²) in [6.45, 7) is 11.9. The van der Waals surface area contributed by atoms with E-state index in [4.69, 9.17) is 0 Å². The Kier molecular flexibility index (Phi) is 7.35. The van der Waals surface area contributed by atoms with E-state index in [9.17, 15) is 20.1 Å². The van der Waals surface area contributed by atoms with E-state index >= 15 is 0 Å². The van der Waals surface area contributed by atoms with Gasteiger partial charge in [-0.3, -0.25) is 4.79 Å². The summed E-state index contributed by atoms with van der Waals surface area (Å²) in [6.07, 6.45) is 11.3. The molecule has 31 heavy (non-hydrogen) atoms. The monoisotopic (exact) mass is 430 g/mol. The molecule has 0 aromatic rings. The van der Waals surface area contributed by atoms with Crippen LogP contribution in [0, 0.1) is 23.2 Å². The van der Waals surface area contributed by atoms with Gasteiger partial charge in [0.25, 0.3) is 0 Å². The van der Waals surface area contributed by atoms with Crippen molar-refractivity contribution in [2.24, 2.45) is 23.2 Å². The van der Waals surface area contributed by atoms with Crippen LogP contribution < -0.4 is 0 Å². The van der Waals surface area contributed by atoms with Gasteiger partial charge in [0.15, 0.2) is 5.78 Å². The first-order valence-corrected chi connectivity index (χ1v) is 12.1. The van der Waals surface area contributed by atoms with Crippen molar-refractivity contribution in [3.05, 3.63) is 35.5 Å². The van der Waals surface area contributed by atoms with E-state index in [0.29, 0.717) is 37.0 Å². The molecule has 4 heteroatoms. The Morgan fingerprint density at radius 3 is 2.68 bits per heavy atom. The Labute approximate surface area is 188 Å². The third-order valence-electron chi connectivity index (χ3n) is 8.50. The summed E-state index contributed by atoms with van der Waals surface area (Å²) in [5, 5.41) is 30.1. The molecule has 0 aliphatic heterocycles. The minimum Gasteiger partial charge on any atom is -0.393 e. The first-order valence-electron chi connectivity index (χ1n) is 12.1. The van der Waals surface area contributed by atoms with Crippen LogP contribution in [0.2, 0.25) is 0 Å². The van der Waals surface area contributed by atoms with Crippen LogP contribution in [0.15, 0.2) is 35.5 Å². The summed E-state index contributed by atoms with van der Waals surface area (Å²) < 4.78 is 0. The van der Waals surface area contributed by atoms with Crippen LogP contribution in [0.25, 0.3) is 0 Å². The number of hydrogen-bond acceptors (Lipinski definition) is 4. The maximum atomic E-state index is 12.2. The van der Waals surface area contributed by atoms with Crippen LogP contribution in [0.1, 0.15) is 85.5 Å². The molecule has 3 aliphatic carbocycles. The standard InChI is InChI=1S/C27H42O4/c1-17(8-13-25(30)26(3,4)31)22-11-12-23-19(7-6-14-27(22,23)5)9-10-20-15-21(28)16-24(29)18(20)2/h9-10,17,21-24,28-29,31H,2,6-8,11-16H2,1,3-5H3/b19-9?,20-10-/t17-,21-,22-,23?,24?,27-/m1/s1. The Hall–Kier alpha value is -1.23. The SMILES string of the molecule is C=C1/C(=C\C=C2CCC[C@@]3(C)C2CC[C@@H]3[C@H](C)CCC(=O)C(C)(C)O)C[C@@H](O)CC1O. The van der Waals surface area contributed by atoms with Crippen LogP contribution in [0.5, 0.6) is 0 Å². The molecule has 0 spiro atoms. The highest BCUT2D eigenvalue weighted by molar-refractivity contribution is 5.86. The van der Waals surface area contributed by atoms with Gasteiger partial charge in [0.2, 0.25) is 0 Å². The van der Waals surface area contributed by atoms with Crippen LogP contribution in [-0.4, -0.2) is 38.9 Å². The molecule has 0 radical (unpaired) electrons. The van der Waals surface area contributed by atoms with Gasteiger partial charge in [-0.05, 0) is 93.1 Å². The average Bonchev–Trinajstić information content (AvgIpc) is 3.04. The van der Waals surface area contributed by atoms with Gasteiger partial charge in [-0.1, -0.05) is 38.2 Å². The van der Waals surface area contributed by atoms with Crippen LogP contribution in [0.3, 0.4) is 0 Å². The molecule has 0 aromatic heterocycles. The average molecular weight is 431 g/mol. The van der Waals surface area contributed by atoms with Crippen molar-refractivity contribution < 1.29 is 20.1 Å². The van der Waals surface area contributed by atoms with Crippen molar-refractivity contribution in [2.45, 2.75) is 103 Å². The van der Waals surface area contributed by atoms with Crippen molar-refractivity contribution in [2.75, 3.05) is 0 Å². The third-order valence-corrected chi connectivity index (χ3v) is 8.50. The lowest BCUT2D eigenvalue weighted by Crippen LogP contribution is -2.36. The van der Waals surface area contributed by atoms with E-state index < -0.39 is 17.8 Å². The lowest BCUT2D eigenvalue weighted by atomic mass is 9.60. The summed E-state index contributed by atoms with van der Waals surface area (Å²) in [7, 11) is 0. The molecule has 6 atom stereocenters. The number of hydrogen-bond donors (Lipinski definition) is 3. The number of ketones is 1. The molecular weight excluding hydrogens is 388 g/mol. The van der Waals surface area contributed by atoms with E-state index in [-0.39, 0.29) is 11.2 Å². The normalized spacial score (nSPS) is 37.8. The molecule has 0 saturated heterocycles. The van der Waals surface area contributed by atoms with Crippen molar-refractivity contribution in [3.63, 3.8) is 0 Å². The fraction of sp³-hybridized carbons (Fsp3) is 0.741. The Morgan fingerprint density at radius 2 is 2.00 bits per heavy atom. The number of aliphatic hydroxyl groups excluding tert-OH is 2. The lowest BCUT2D eigenvalue weighted by Gasteiger charge is -2.44. The zero-order valence-corrected chi connectivity index (χ0v) is 19.9. The highest BCUT2D eigenvalue weighted by Gasteiger charge is 2.50. The molecule has 0 bridgehead atoms. The minimum atomic E-state index is -1.24. The maximum Gasteiger partial charge on any atom is 0.163 e. The van der Waals surface area contributed by atoms with Crippen molar-refractivity contribution in [3.8, 4) is 0 Å². The van der Waals surface area contributed by atoms with E-state index in [1.165, 1.54) is 31.3 Å². The summed E-state index contributed by atoms with van der Waals surface area (Å²) in [6, 6.07) is 0. The quantitative estimate of drug-likeness (QED) is 0.561. The topological polar surface area (TPSA) is 77.8 Å². The number of carbonyl (C=O) groups excluding carboxylic acids is 1. The minimum absolute atomic E-state index is 0.0630. The van der Waals surface area contributed by atoms with E-state index in [1.807, 2.05) is 0 Å².